The first-order chi connectivity index (χ1) is 21.9. The number of allylic oxidation sites excluding steroid dienone is 2. The Kier molecular flexibility index (Phi) is 6.25. The van der Waals surface area contributed by atoms with Crippen LogP contribution in [0.4, 0.5) is 5.69 Å². The van der Waals surface area contributed by atoms with Gasteiger partial charge >= 0.3 is 0 Å². The number of Topliss-reactive ketones (excluding diaryl/α,β-unsaturated/α-hetero) is 1. The van der Waals surface area contributed by atoms with Crippen molar-refractivity contribution in [3.63, 3.8) is 0 Å². The minimum Gasteiger partial charge on any atom is -0.297 e. The van der Waals surface area contributed by atoms with Crippen molar-refractivity contribution in [2.75, 3.05) is 4.90 Å². The van der Waals surface area contributed by atoms with Gasteiger partial charge in [-0.25, -0.2) is 4.90 Å². The lowest BCUT2D eigenvalue weighted by Gasteiger charge is -2.39. The molecular weight excluding hydrogens is 601 g/mol. The second-order valence-corrected chi connectivity index (χ2v) is 12.5. The predicted octanol–water partition coefficient (Wildman–Crippen LogP) is 8.18. The van der Waals surface area contributed by atoms with Crippen LogP contribution in [0, 0.1) is 11.8 Å². The summed E-state index contributed by atoms with van der Waals surface area (Å²) in [4.78, 5) is 47.0. The lowest BCUT2D eigenvalue weighted by molar-refractivity contribution is -0.130. The predicted molar refractivity (Wildman–Crippen MR) is 177 cm³/mol. The Morgan fingerprint density at radius 3 is 1.31 bits per heavy atom. The van der Waals surface area contributed by atoms with Gasteiger partial charge in [-0.05, 0) is 45.5 Å². The third-order valence-corrected chi connectivity index (χ3v) is 10.6. The smallest absolute Gasteiger partial charge is 0.239 e. The fraction of sp³-hybridized carbons (Fsp3) is 0.103. The third kappa shape index (κ3) is 3.47. The fourth-order valence-corrected chi connectivity index (χ4v) is 8.62. The van der Waals surface area contributed by atoms with Crippen LogP contribution in [0.5, 0.6) is 0 Å². The molecule has 2 bridgehead atoms. The third-order valence-electron chi connectivity index (χ3n) is 9.75. The van der Waals surface area contributed by atoms with Crippen LogP contribution >= 0.6 is 23.2 Å². The first-order valence-corrected chi connectivity index (χ1v) is 15.5. The molecule has 45 heavy (non-hydrogen) atoms. The first kappa shape index (κ1) is 27.8. The van der Waals surface area contributed by atoms with Gasteiger partial charge in [0.2, 0.25) is 11.8 Å². The molecule has 6 heteroatoms. The van der Waals surface area contributed by atoms with Gasteiger partial charge in [0.25, 0.3) is 0 Å². The summed E-state index contributed by atoms with van der Waals surface area (Å²) < 4.78 is 0. The van der Waals surface area contributed by atoms with Gasteiger partial charge < -0.3 is 0 Å². The molecule has 5 aromatic rings. The summed E-state index contributed by atoms with van der Waals surface area (Å²) in [6, 6.07) is 43.4. The van der Waals surface area contributed by atoms with E-state index < -0.39 is 34.5 Å². The molecular formula is C39H25Cl2NO3. The zero-order valence-electron chi connectivity index (χ0n) is 23.9. The number of amides is 2. The number of halogens is 2. The van der Waals surface area contributed by atoms with E-state index in [1.807, 2.05) is 121 Å². The molecule has 2 amide bonds. The number of carbonyl (C=O) groups is 3. The van der Waals surface area contributed by atoms with Crippen molar-refractivity contribution in [1.82, 2.24) is 0 Å². The number of benzene rings is 5. The van der Waals surface area contributed by atoms with Crippen molar-refractivity contribution in [2.24, 2.45) is 11.8 Å². The molecule has 8 rings (SSSR count). The van der Waals surface area contributed by atoms with Crippen LogP contribution in [0.25, 0.3) is 11.1 Å². The van der Waals surface area contributed by atoms with E-state index in [0.29, 0.717) is 11.1 Å². The van der Waals surface area contributed by atoms with Gasteiger partial charge in [-0.2, -0.15) is 0 Å². The molecule has 2 fully saturated rings. The maximum absolute atomic E-state index is 15.8. The van der Waals surface area contributed by atoms with Gasteiger partial charge in [0.15, 0.2) is 5.78 Å². The molecule has 1 saturated heterocycles. The Hall–Kier alpha value is -4.77. The van der Waals surface area contributed by atoms with Gasteiger partial charge in [-0.15, -0.1) is 0 Å². The number of hydrogen-bond donors (Lipinski definition) is 0. The Balaban J connectivity index is 1.56. The molecule has 1 heterocycles. The van der Waals surface area contributed by atoms with Crippen LogP contribution in [0.3, 0.4) is 0 Å². The van der Waals surface area contributed by atoms with E-state index in [9.17, 15) is 9.59 Å². The Morgan fingerprint density at radius 1 is 0.489 bits per heavy atom. The minimum atomic E-state index is -1.47. The molecule has 0 N–H and O–H groups in total. The summed E-state index contributed by atoms with van der Waals surface area (Å²) in [7, 11) is 0. The largest absolute Gasteiger partial charge is 0.297 e. The number of carbonyl (C=O) groups excluding carboxylic acids is 3. The fourth-order valence-electron chi connectivity index (χ4n) is 8.24. The summed E-state index contributed by atoms with van der Waals surface area (Å²) in [6.07, 6.45) is 0. The first-order valence-electron chi connectivity index (χ1n) is 14.8. The highest BCUT2D eigenvalue weighted by atomic mass is 35.5. The lowest BCUT2D eigenvalue weighted by Crippen LogP contribution is -2.45. The van der Waals surface area contributed by atoms with Gasteiger partial charge in [0, 0.05) is 0 Å². The Labute approximate surface area is 270 Å². The van der Waals surface area contributed by atoms with Crippen LogP contribution in [0.1, 0.15) is 22.3 Å². The van der Waals surface area contributed by atoms with E-state index in [2.05, 4.69) is 0 Å². The van der Waals surface area contributed by atoms with Crippen molar-refractivity contribution in [3.05, 3.63) is 172 Å². The average molecular weight is 627 g/mol. The van der Waals surface area contributed by atoms with E-state index in [-0.39, 0.29) is 21.5 Å². The highest BCUT2D eigenvalue weighted by Crippen LogP contribution is 2.74. The van der Waals surface area contributed by atoms with Crippen molar-refractivity contribution >= 4 is 57.6 Å². The molecule has 0 aromatic heterocycles. The van der Waals surface area contributed by atoms with E-state index >= 15 is 4.79 Å². The van der Waals surface area contributed by atoms with Crippen molar-refractivity contribution < 1.29 is 14.4 Å². The van der Waals surface area contributed by atoms with Crippen molar-refractivity contribution in [2.45, 2.75) is 10.8 Å². The monoisotopic (exact) mass is 625 g/mol. The molecule has 218 valence electrons. The van der Waals surface area contributed by atoms with Crippen LogP contribution < -0.4 is 4.90 Å². The van der Waals surface area contributed by atoms with Crippen LogP contribution in [-0.4, -0.2) is 17.6 Å². The summed E-state index contributed by atoms with van der Waals surface area (Å²) in [5.41, 5.74) is 1.76. The zero-order valence-corrected chi connectivity index (χ0v) is 25.4. The Bertz CT molecular complexity index is 1930. The maximum atomic E-state index is 15.8. The maximum Gasteiger partial charge on any atom is 0.239 e. The van der Waals surface area contributed by atoms with E-state index in [4.69, 9.17) is 23.2 Å². The molecule has 4 nitrogen and oxygen atoms in total. The molecule has 0 radical (unpaired) electrons. The molecule has 1 saturated carbocycles. The number of rotatable bonds is 5. The summed E-state index contributed by atoms with van der Waals surface area (Å²) >= 11 is 13.1. The van der Waals surface area contributed by atoms with Crippen molar-refractivity contribution in [3.8, 4) is 0 Å². The summed E-state index contributed by atoms with van der Waals surface area (Å²) in [5, 5.41) is 0.344. The summed E-state index contributed by atoms with van der Waals surface area (Å²) in [6.45, 7) is 0. The van der Waals surface area contributed by atoms with Gasteiger partial charge in [-0.1, -0.05) is 151 Å². The standard InChI is InChI=1S/C39H25Cl2NO3/c40-28-22-13-23-29(34(28)41)42-35(43)32-33(36(42)44)39(27-20-11-4-12-21-27)31(25-16-7-2-8-17-25)30(24-14-5-1-6-15-24)38(32,37(39)45)26-18-9-3-10-19-26/h1-23,32-33H/t32-,33-,38+,39+/m1/s1. The lowest BCUT2D eigenvalue weighted by atomic mass is 9.59. The molecule has 0 unspecified atom stereocenters. The number of hydrogen-bond acceptors (Lipinski definition) is 3. The second kappa shape index (κ2) is 10.1. The van der Waals surface area contributed by atoms with E-state index in [1.165, 1.54) is 4.90 Å². The number of ketones is 1. The average Bonchev–Trinajstić information content (AvgIpc) is 3.60. The molecule has 5 aromatic carbocycles. The van der Waals surface area contributed by atoms with Gasteiger partial charge in [-0.3, -0.25) is 14.4 Å². The van der Waals surface area contributed by atoms with Crippen LogP contribution in [0.2, 0.25) is 10.0 Å². The zero-order chi connectivity index (χ0) is 30.9. The van der Waals surface area contributed by atoms with E-state index in [1.54, 1.807) is 18.2 Å². The molecule has 3 aliphatic rings. The molecule has 1 aliphatic heterocycles. The minimum absolute atomic E-state index is 0.113. The quantitative estimate of drug-likeness (QED) is 0.185. The molecule has 4 atom stereocenters. The molecule has 0 spiro atoms. The Morgan fingerprint density at radius 2 is 0.889 bits per heavy atom. The normalized spacial score (nSPS) is 25.3. The summed E-state index contributed by atoms with van der Waals surface area (Å²) in [5.74, 6) is -3.16. The molecule has 2 aliphatic carbocycles. The number of nitrogens with zero attached hydrogens (tertiary/aromatic N) is 1. The number of anilines is 1. The number of fused-ring (bicyclic) bond motifs is 5. The van der Waals surface area contributed by atoms with E-state index in [0.717, 1.165) is 22.3 Å². The van der Waals surface area contributed by atoms with Crippen LogP contribution in [0.15, 0.2) is 140 Å². The highest BCUT2D eigenvalue weighted by Gasteiger charge is 2.82. The van der Waals surface area contributed by atoms with Crippen LogP contribution in [-0.2, 0) is 25.2 Å². The SMILES string of the molecule is O=C1[C@H]2[C@H](C(=O)N1c1cccc(Cl)c1Cl)[C@@]1(c3ccccc3)C(=O)[C@@]2(c2ccccc2)C(c2ccccc2)=C1c1ccccc1. The topological polar surface area (TPSA) is 54.5 Å². The van der Waals surface area contributed by atoms with Crippen molar-refractivity contribution in [1.29, 1.82) is 0 Å². The number of imide groups is 1. The van der Waals surface area contributed by atoms with Gasteiger partial charge in [0.1, 0.15) is 0 Å². The highest BCUT2D eigenvalue weighted by molar-refractivity contribution is 6.46. The van der Waals surface area contributed by atoms with Gasteiger partial charge in [0.05, 0.1) is 38.4 Å². The second-order valence-electron chi connectivity index (χ2n) is 11.7.